The standard InChI is InChI=1S/C15H19NO2/c1-3-5-13(4-2)16-11-12-6-7-14-15(10-12)18-9-8-17-14/h1,6-7,10,13,16H,4-5,8-9,11H2,2H3. The van der Waals surface area contributed by atoms with Crippen LogP contribution in [-0.4, -0.2) is 19.3 Å². The molecule has 18 heavy (non-hydrogen) atoms. The summed E-state index contributed by atoms with van der Waals surface area (Å²) in [5.74, 6) is 4.37. The molecule has 0 fully saturated rings. The second kappa shape index (κ2) is 6.32. The van der Waals surface area contributed by atoms with Gasteiger partial charge in [0.2, 0.25) is 0 Å². The fourth-order valence-electron chi connectivity index (χ4n) is 1.96. The van der Waals surface area contributed by atoms with Crippen molar-refractivity contribution >= 4 is 0 Å². The number of nitrogens with one attached hydrogen (secondary N) is 1. The van der Waals surface area contributed by atoms with E-state index < -0.39 is 0 Å². The molecule has 1 aromatic carbocycles. The molecule has 0 aromatic heterocycles. The van der Waals surface area contributed by atoms with Gasteiger partial charge in [-0.1, -0.05) is 13.0 Å². The molecule has 0 aliphatic carbocycles. The van der Waals surface area contributed by atoms with E-state index in [1.54, 1.807) is 0 Å². The SMILES string of the molecule is C#CCC(CC)NCc1ccc2c(c1)OCCO2. The van der Waals surface area contributed by atoms with E-state index in [0.717, 1.165) is 30.9 Å². The zero-order valence-corrected chi connectivity index (χ0v) is 10.7. The lowest BCUT2D eigenvalue weighted by molar-refractivity contribution is 0.171. The molecule has 3 heteroatoms. The van der Waals surface area contributed by atoms with Crippen molar-refractivity contribution in [3.05, 3.63) is 23.8 Å². The normalized spacial score (nSPS) is 14.9. The lowest BCUT2D eigenvalue weighted by atomic mass is 10.1. The number of ether oxygens (including phenoxy) is 2. The minimum Gasteiger partial charge on any atom is -0.486 e. The van der Waals surface area contributed by atoms with Crippen molar-refractivity contribution in [1.82, 2.24) is 5.32 Å². The summed E-state index contributed by atoms with van der Waals surface area (Å²) in [7, 11) is 0. The highest BCUT2D eigenvalue weighted by molar-refractivity contribution is 5.43. The average molecular weight is 245 g/mol. The first-order valence-corrected chi connectivity index (χ1v) is 6.39. The molecular weight excluding hydrogens is 226 g/mol. The van der Waals surface area contributed by atoms with E-state index >= 15 is 0 Å². The molecule has 1 unspecified atom stereocenters. The number of hydrogen-bond acceptors (Lipinski definition) is 3. The van der Waals surface area contributed by atoms with E-state index in [-0.39, 0.29) is 0 Å². The van der Waals surface area contributed by atoms with Gasteiger partial charge in [0.15, 0.2) is 11.5 Å². The van der Waals surface area contributed by atoms with Gasteiger partial charge in [-0.3, -0.25) is 0 Å². The van der Waals surface area contributed by atoms with Crippen LogP contribution in [0.1, 0.15) is 25.3 Å². The topological polar surface area (TPSA) is 30.5 Å². The third kappa shape index (κ3) is 3.18. The Labute approximate surface area is 108 Å². The van der Waals surface area contributed by atoms with Gasteiger partial charge in [0, 0.05) is 19.0 Å². The maximum atomic E-state index is 5.56. The highest BCUT2D eigenvalue weighted by Gasteiger charge is 2.12. The Bertz CT molecular complexity index is 437. The van der Waals surface area contributed by atoms with E-state index in [1.807, 2.05) is 12.1 Å². The van der Waals surface area contributed by atoms with Crippen LogP contribution in [0.2, 0.25) is 0 Å². The molecule has 0 saturated carbocycles. The van der Waals surface area contributed by atoms with Crippen molar-refractivity contribution in [2.75, 3.05) is 13.2 Å². The molecule has 1 aliphatic heterocycles. The maximum absolute atomic E-state index is 5.56. The van der Waals surface area contributed by atoms with Gasteiger partial charge in [-0.05, 0) is 24.1 Å². The van der Waals surface area contributed by atoms with Crippen LogP contribution in [0.25, 0.3) is 0 Å². The Hall–Kier alpha value is -1.66. The van der Waals surface area contributed by atoms with E-state index in [1.165, 1.54) is 5.56 Å². The fourth-order valence-corrected chi connectivity index (χ4v) is 1.96. The fraction of sp³-hybridized carbons (Fsp3) is 0.467. The molecule has 0 amide bonds. The molecule has 1 heterocycles. The Morgan fingerprint density at radius 1 is 1.33 bits per heavy atom. The first-order valence-electron chi connectivity index (χ1n) is 6.39. The summed E-state index contributed by atoms with van der Waals surface area (Å²) in [5, 5.41) is 3.45. The number of benzene rings is 1. The van der Waals surface area contributed by atoms with Crippen LogP contribution in [-0.2, 0) is 6.54 Å². The smallest absolute Gasteiger partial charge is 0.161 e. The number of terminal acetylenes is 1. The summed E-state index contributed by atoms with van der Waals surface area (Å²) in [5.41, 5.74) is 1.19. The zero-order chi connectivity index (χ0) is 12.8. The van der Waals surface area contributed by atoms with E-state index in [0.29, 0.717) is 19.3 Å². The summed E-state index contributed by atoms with van der Waals surface area (Å²) in [6.07, 6.45) is 7.14. The van der Waals surface area contributed by atoms with Crippen LogP contribution in [0.4, 0.5) is 0 Å². The lowest BCUT2D eigenvalue weighted by Crippen LogP contribution is -2.27. The molecule has 1 aliphatic rings. The number of rotatable bonds is 5. The van der Waals surface area contributed by atoms with Gasteiger partial charge >= 0.3 is 0 Å². The van der Waals surface area contributed by atoms with Gasteiger partial charge < -0.3 is 14.8 Å². The van der Waals surface area contributed by atoms with Crippen molar-refractivity contribution in [2.45, 2.75) is 32.4 Å². The largest absolute Gasteiger partial charge is 0.486 e. The average Bonchev–Trinajstić information content (AvgIpc) is 2.43. The Morgan fingerprint density at radius 3 is 2.83 bits per heavy atom. The van der Waals surface area contributed by atoms with E-state index in [9.17, 15) is 0 Å². The molecule has 1 aromatic rings. The van der Waals surface area contributed by atoms with Crippen LogP contribution < -0.4 is 14.8 Å². The van der Waals surface area contributed by atoms with Crippen molar-refractivity contribution in [3.63, 3.8) is 0 Å². The van der Waals surface area contributed by atoms with Gasteiger partial charge in [-0.2, -0.15) is 0 Å². The summed E-state index contributed by atoms with van der Waals surface area (Å²) >= 11 is 0. The van der Waals surface area contributed by atoms with Crippen molar-refractivity contribution < 1.29 is 9.47 Å². The third-order valence-electron chi connectivity index (χ3n) is 3.06. The van der Waals surface area contributed by atoms with Crippen LogP contribution in [0.5, 0.6) is 11.5 Å². The molecule has 96 valence electrons. The summed E-state index contributed by atoms with van der Waals surface area (Å²) in [6, 6.07) is 6.43. The third-order valence-corrected chi connectivity index (χ3v) is 3.06. The molecule has 0 radical (unpaired) electrons. The van der Waals surface area contributed by atoms with Gasteiger partial charge in [-0.25, -0.2) is 0 Å². The quantitative estimate of drug-likeness (QED) is 0.808. The molecule has 1 N–H and O–H groups in total. The monoisotopic (exact) mass is 245 g/mol. The van der Waals surface area contributed by atoms with Crippen molar-refractivity contribution in [3.8, 4) is 23.8 Å². The summed E-state index contributed by atoms with van der Waals surface area (Å²) < 4.78 is 11.1. The van der Waals surface area contributed by atoms with Crippen LogP contribution in [0, 0.1) is 12.3 Å². The second-order valence-electron chi connectivity index (χ2n) is 4.37. The van der Waals surface area contributed by atoms with E-state index in [4.69, 9.17) is 15.9 Å². The van der Waals surface area contributed by atoms with Crippen LogP contribution in [0.3, 0.4) is 0 Å². The van der Waals surface area contributed by atoms with E-state index in [2.05, 4.69) is 24.2 Å². The van der Waals surface area contributed by atoms with Crippen LogP contribution in [0.15, 0.2) is 18.2 Å². The summed E-state index contributed by atoms with van der Waals surface area (Å²) in [4.78, 5) is 0. The van der Waals surface area contributed by atoms with Crippen molar-refractivity contribution in [1.29, 1.82) is 0 Å². The van der Waals surface area contributed by atoms with Gasteiger partial charge in [-0.15, -0.1) is 12.3 Å². The number of fused-ring (bicyclic) bond motifs is 1. The highest BCUT2D eigenvalue weighted by atomic mass is 16.6. The van der Waals surface area contributed by atoms with Crippen molar-refractivity contribution in [2.24, 2.45) is 0 Å². The Kier molecular flexibility index (Phi) is 4.49. The summed E-state index contributed by atoms with van der Waals surface area (Å²) in [6.45, 7) is 4.19. The predicted octanol–water partition coefficient (Wildman–Crippen LogP) is 2.35. The lowest BCUT2D eigenvalue weighted by Gasteiger charge is -2.19. The molecular formula is C15H19NO2. The molecule has 0 saturated heterocycles. The van der Waals surface area contributed by atoms with Gasteiger partial charge in [0.25, 0.3) is 0 Å². The van der Waals surface area contributed by atoms with Crippen LogP contribution >= 0.6 is 0 Å². The molecule has 2 rings (SSSR count). The first-order chi connectivity index (χ1) is 8.83. The van der Waals surface area contributed by atoms with Gasteiger partial charge in [0.05, 0.1) is 0 Å². The van der Waals surface area contributed by atoms with Gasteiger partial charge in [0.1, 0.15) is 13.2 Å². The first kappa shape index (κ1) is 12.8. The predicted molar refractivity (Wildman–Crippen MR) is 71.8 cm³/mol. The Morgan fingerprint density at radius 2 is 2.11 bits per heavy atom. The minimum absolute atomic E-state index is 0.378. The maximum Gasteiger partial charge on any atom is 0.161 e. The molecule has 3 nitrogen and oxygen atoms in total. The molecule has 1 atom stereocenters. The zero-order valence-electron chi connectivity index (χ0n) is 10.7. The molecule has 0 bridgehead atoms. The molecule has 0 spiro atoms. The number of hydrogen-bond donors (Lipinski definition) is 1. The Balaban J connectivity index is 1.95. The minimum atomic E-state index is 0.378. The highest BCUT2D eigenvalue weighted by Crippen LogP contribution is 2.30. The second-order valence-corrected chi connectivity index (χ2v) is 4.37.